The van der Waals surface area contributed by atoms with Crippen molar-refractivity contribution in [1.29, 1.82) is 0 Å². The summed E-state index contributed by atoms with van der Waals surface area (Å²) in [5.41, 5.74) is 2.54. The van der Waals surface area contributed by atoms with Gasteiger partial charge in [0.15, 0.2) is 0 Å². The van der Waals surface area contributed by atoms with E-state index in [-0.39, 0.29) is 0 Å². The van der Waals surface area contributed by atoms with Crippen LogP contribution in [0.15, 0.2) is 61.2 Å². The van der Waals surface area contributed by atoms with E-state index in [1.807, 2.05) is 0 Å². The summed E-state index contributed by atoms with van der Waals surface area (Å²) in [7, 11) is 0. The molecule has 0 saturated carbocycles. The standard InChI is InChI=1S/C17H17NO/c1-2-12-19-13-11-18-16-9-5-3-7-14(16)15-8-4-6-10-17(15)18/h2-10H,1,11-13H2. The highest BCUT2D eigenvalue weighted by molar-refractivity contribution is 6.07. The van der Waals surface area contributed by atoms with Gasteiger partial charge in [0.2, 0.25) is 0 Å². The molecule has 1 heterocycles. The Labute approximate surface area is 112 Å². The summed E-state index contributed by atoms with van der Waals surface area (Å²) < 4.78 is 7.84. The zero-order valence-electron chi connectivity index (χ0n) is 10.9. The Hall–Kier alpha value is -2.06. The maximum Gasteiger partial charge on any atom is 0.0650 e. The average Bonchev–Trinajstić information content (AvgIpc) is 2.78. The predicted octanol–water partition coefficient (Wildman–Crippen LogP) is 4.00. The molecule has 1 aromatic heterocycles. The highest BCUT2D eigenvalue weighted by Gasteiger charge is 2.08. The van der Waals surface area contributed by atoms with Crippen LogP contribution in [0.3, 0.4) is 0 Å². The smallest absolute Gasteiger partial charge is 0.0650 e. The number of benzene rings is 2. The molecular formula is C17H17NO. The van der Waals surface area contributed by atoms with Crippen molar-refractivity contribution in [1.82, 2.24) is 4.57 Å². The number of rotatable bonds is 5. The number of ether oxygens (including phenoxy) is 1. The molecule has 19 heavy (non-hydrogen) atoms. The van der Waals surface area contributed by atoms with Crippen LogP contribution in [0.25, 0.3) is 21.8 Å². The van der Waals surface area contributed by atoms with Crippen LogP contribution in [0.1, 0.15) is 0 Å². The molecule has 2 nitrogen and oxygen atoms in total. The van der Waals surface area contributed by atoms with E-state index in [4.69, 9.17) is 4.74 Å². The third kappa shape index (κ3) is 2.15. The molecule has 2 heteroatoms. The fraction of sp³-hybridized carbons (Fsp3) is 0.176. The number of para-hydroxylation sites is 2. The molecule has 0 unspecified atom stereocenters. The van der Waals surface area contributed by atoms with E-state index in [0.29, 0.717) is 13.2 Å². The quantitative estimate of drug-likeness (QED) is 0.494. The molecule has 3 aromatic rings. The van der Waals surface area contributed by atoms with E-state index in [1.165, 1.54) is 21.8 Å². The molecule has 0 saturated heterocycles. The summed E-state index contributed by atoms with van der Waals surface area (Å²) in [5.74, 6) is 0. The Balaban J connectivity index is 2.06. The molecule has 0 aliphatic carbocycles. The third-order valence-corrected chi connectivity index (χ3v) is 3.37. The Morgan fingerprint density at radius 1 is 0.947 bits per heavy atom. The summed E-state index contributed by atoms with van der Waals surface area (Å²) in [6.07, 6.45) is 1.78. The first-order valence-electron chi connectivity index (χ1n) is 6.56. The number of fused-ring (bicyclic) bond motifs is 3. The number of hydrogen-bond acceptors (Lipinski definition) is 1. The molecule has 0 fully saturated rings. The highest BCUT2D eigenvalue weighted by Crippen LogP contribution is 2.28. The van der Waals surface area contributed by atoms with Gasteiger partial charge in [-0.05, 0) is 12.1 Å². The summed E-state index contributed by atoms with van der Waals surface area (Å²) >= 11 is 0. The lowest BCUT2D eigenvalue weighted by atomic mass is 10.2. The van der Waals surface area contributed by atoms with Crippen molar-refractivity contribution in [3.8, 4) is 0 Å². The van der Waals surface area contributed by atoms with E-state index in [1.54, 1.807) is 6.08 Å². The minimum Gasteiger partial charge on any atom is -0.376 e. The second kappa shape index (κ2) is 5.29. The van der Waals surface area contributed by atoms with Gasteiger partial charge in [0.1, 0.15) is 0 Å². The van der Waals surface area contributed by atoms with Crippen molar-refractivity contribution in [3.63, 3.8) is 0 Å². The van der Waals surface area contributed by atoms with Crippen molar-refractivity contribution in [3.05, 3.63) is 61.2 Å². The Bertz CT molecular complexity index is 658. The summed E-state index contributed by atoms with van der Waals surface area (Å²) in [4.78, 5) is 0. The van der Waals surface area contributed by atoms with E-state index in [9.17, 15) is 0 Å². The lowest BCUT2D eigenvalue weighted by Crippen LogP contribution is -2.05. The van der Waals surface area contributed by atoms with Gasteiger partial charge in [-0.25, -0.2) is 0 Å². The molecule has 0 bridgehead atoms. The van der Waals surface area contributed by atoms with Crippen LogP contribution >= 0.6 is 0 Å². The maximum atomic E-state index is 5.52. The predicted molar refractivity (Wildman–Crippen MR) is 80.5 cm³/mol. The van der Waals surface area contributed by atoms with Crippen molar-refractivity contribution in [2.45, 2.75) is 6.54 Å². The first-order valence-corrected chi connectivity index (χ1v) is 6.56. The molecule has 0 aliphatic heterocycles. The molecule has 0 atom stereocenters. The van der Waals surface area contributed by atoms with Gasteiger partial charge in [0, 0.05) is 28.4 Å². The summed E-state index contributed by atoms with van der Waals surface area (Å²) in [6.45, 7) is 5.84. The molecule has 96 valence electrons. The fourth-order valence-corrected chi connectivity index (χ4v) is 2.57. The van der Waals surface area contributed by atoms with Gasteiger partial charge < -0.3 is 9.30 Å². The van der Waals surface area contributed by atoms with Gasteiger partial charge in [0.25, 0.3) is 0 Å². The van der Waals surface area contributed by atoms with Gasteiger partial charge in [-0.15, -0.1) is 6.58 Å². The van der Waals surface area contributed by atoms with Crippen molar-refractivity contribution in [2.75, 3.05) is 13.2 Å². The zero-order chi connectivity index (χ0) is 13.1. The molecule has 0 N–H and O–H groups in total. The van der Waals surface area contributed by atoms with Gasteiger partial charge in [0.05, 0.1) is 13.2 Å². The van der Waals surface area contributed by atoms with E-state index in [0.717, 1.165) is 6.54 Å². The zero-order valence-corrected chi connectivity index (χ0v) is 10.9. The van der Waals surface area contributed by atoms with Crippen LogP contribution in [0.5, 0.6) is 0 Å². The first kappa shape index (κ1) is 12.0. The largest absolute Gasteiger partial charge is 0.376 e. The van der Waals surface area contributed by atoms with Crippen molar-refractivity contribution < 1.29 is 4.74 Å². The van der Waals surface area contributed by atoms with Crippen LogP contribution in [0, 0.1) is 0 Å². The van der Waals surface area contributed by atoms with Crippen LogP contribution in [-0.2, 0) is 11.3 Å². The second-order valence-electron chi connectivity index (χ2n) is 4.55. The van der Waals surface area contributed by atoms with Gasteiger partial charge in [-0.1, -0.05) is 42.5 Å². The SMILES string of the molecule is C=CCOCCn1c2ccccc2c2ccccc21. The lowest BCUT2D eigenvalue weighted by Gasteiger charge is -2.07. The molecule has 0 radical (unpaired) electrons. The molecule has 0 amide bonds. The Morgan fingerprint density at radius 2 is 1.53 bits per heavy atom. The topological polar surface area (TPSA) is 14.2 Å². The molecular weight excluding hydrogens is 234 g/mol. The normalized spacial score (nSPS) is 11.2. The van der Waals surface area contributed by atoms with Crippen molar-refractivity contribution in [2.24, 2.45) is 0 Å². The minimum absolute atomic E-state index is 0.608. The number of nitrogens with zero attached hydrogens (tertiary/aromatic N) is 1. The number of aromatic nitrogens is 1. The van der Waals surface area contributed by atoms with Crippen molar-refractivity contribution >= 4 is 21.8 Å². The fourth-order valence-electron chi connectivity index (χ4n) is 2.57. The molecule has 3 rings (SSSR count). The Morgan fingerprint density at radius 3 is 2.11 bits per heavy atom. The highest BCUT2D eigenvalue weighted by atomic mass is 16.5. The maximum absolute atomic E-state index is 5.52. The molecule has 0 spiro atoms. The van der Waals surface area contributed by atoms with Gasteiger partial charge in [-0.3, -0.25) is 0 Å². The Kier molecular flexibility index (Phi) is 3.34. The van der Waals surface area contributed by atoms with Crippen LogP contribution in [0.4, 0.5) is 0 Å². The monoisotopic (exact) mass is 251 g/mol. The molecule has 2 aromatic carbocycles. The van der Waals surface area contributed by atoms with Crippen LogP contribution < -0.4 is 0 Å². The van der Waals surface area contributed by atoms with Gasteiger partial charge >= 0.3 is 0 Å². The van der Waals surface area contributed by atoms with Crippen LogP contribution in [0.2, 0.25) is 0 Å². The molecule has 0 aliphatic rings. The average molecular weight is 251 g/mol. The summed E-state index contributed by atoms with van der Waals surface area (Å²) in [6, 6.07) is 17.1. The van der Waals surface area contributed by atoms with E-state index < -0.39 is 0 Å². The number of hydrogen-bond donors (Lipinski definition) is 0. The van der Waals surface area contributed by atoms with E-state index >= 15 is 0 Å². The first-order chi connectivity index (χ1) is 9.42. The lowest BCUT2D eigenvalue weighted by molar-refractivity contribution is 0.155. The van der Waals surface area contributed by atoms with Gasteiger partial charge in [-0.2, -0.15) is 0 Å². The van der Waals surface area contributed by atoms with E-state index in [2.05, 4.69) is 59.7 Å². The third-order valence-electron chi connectivity index (χ3n) is 3.37. The second-order valence-corrected chi connectivity index (χ2v) is 4.55. The van der Waals surface area contributed by atoms with Crippen LogP contribution in [-0.4, -0.2) is 17.8 Å². The summed E-state index contributed by atoms with van der Waals surface area (Å²) in [5, 5.41) is 2.61. The minimum atomic E-state index is 0.608.